The summed E-state index contributed by atoms with van der Waals surface area (Å²) >= 11 is 1.90. The quantitative estimate of drug-likeness (QED) is 0.146. The molecule has 0 spiro atoms. The molecule has 0 unspecified atom stereocenters. The molecule has 0 bridgehead atoms. The molecule has 8 aromatic carbocycles. The molecule has 4 aromatic heterocycles. The van der Waals surface area contributed by atoms with Gasteiger partial charge in [0.15, 0.2) is 0 Å². The van der Waals surface area contributed by atoms with Crippen LogP contribution in [0.3, 0.4) is 0 Å². The van der Waals surface area contributed by atoms with E-state index in [2.05, 4.69) is 205 Å². The Labute approximate surface area is 384 Å². The van der Waals surface area contributed by atoms with Crippen molar-refractivity contribution in [1.82, 2.24) is 18.7 Å². The van der Waals surface area contributed by atoms with Crippen LogP contribution in [0.1, 0.15) is 50.7 Å². The SMILES string of the molecule is CC(C)c1cc(-c2cc(-n3c4ccccc4c4ccccc43)cc3c2sc2ccc(-n4c5ccccc5c5ccccc54)cc23)cc(C(C)C)c1-n1ccnc1-c1[c-]cccc1.[Ir]. The summed E-state index contributed by atoms with van der Waals surface area (Å²) in [4.78, 5) is 4.89. The van der Waals surface area contributed by atoms with Gasteiger partial charge in [0.05, 0.1) is 27.9 Å². The van der Waals surface area contributed by atoms with Gasteiger partial charge in [0.25, 0.3) is 0 Å². The molecule has 12 aromatic rings. The van der Waals surface area contributed by atoms with Gasteiger partial charge in [-0.05, 0) is 95.3 Å². The van der Waals surface area contributed by atoms with Crippen LogP contribution in [0.25, 0.3) is 103 Å². The molecule has 307 valence electrons. The third-order valence-electron chi connectivity index (χ3n) is 12.8. The molecule has 0 atom stereocenters. The van der Waals surface area contributed by atoms with E-state index >= 15 is 0 Å². The molecule has 0 aliphatic carbocycles. The number of benzene rings is 8. The minimum Gasteiger partial charge on any atom is -0.340 e. The third kappa shape index (κ3) is 6.15. The summed E-state index contributed by atoms with van der Waals surface area (Å²) in [5.74, 6) is 1.41. The van der Waals surface area contributed by atoms with Crippen molar-refractivity contribution in [1.29, 1.82) is 0 Å². The number of para-hydroxylation sites is 4. The Morgan fingerprint density at radius 2 is 1.05 bits per heavy atom. The van der Waals surface area contributed by atoms with E-state index < -0.39 is 0 Å². The van der Waals surface area contributed by atoms with E-state index in [1.165, 1.54) is 97.4 Å². The maximum atomic E-state index is 4.89. The Balaban J connectivity index is 0.00000444. The predicted molar refractivity (Wildman–Crippen MR) is 263 cm³/mol. The Bertz CT molecular complexity index is 3580. The molecule has 4 nitrogen and oxygen atoms in total. The standard InChI is InChI=1S/C57H43N4S.Ir/c1-35(2)45-30-38(31-46(36(3)4)55(45)59-29-28-58-57(59)37-16-6-5-7-17-37)47-33-40(61-52-24-14-10-20-43(52)44-21-11-15-25-53(44)61)34-49-48-32-39(26-27-54(48)62-56(47)49)60-50-22-12-8-18-41(50)42-19-9-13-23-51(42)60;/h5-16,18-36H,1-4H3;/q-1;. The molecule has 0 saturated carbocycles. The number of thiophene rings is 1. The maximum Gasteiger partial charge on any atom is 0.0602 e. The molecule has 63 heavy (non-hydrogen) atoms. The molecule has 0 aliphatic heterocycles. The van der Waals surface area contributed by atoms with Crippen molar-refractivity contribution >= 4 is 75.1 Å². The number of imidazole rings is 1. The molecule has 1 radical (unpaired) electrons. The summed E-state index contributed by atoms with van der Waals surface area (Å²) in [6.45, 7) is 9.27. The Hall–Kier alpha value is -6.56. The van der Waals surface area contributed by atoms with Crippen molar-refractivity contribution in [3.8, 4) is 39.6 Å². The van der Waals surface area contributed by atoms with Crippen LogP contribution < -0.4 is 0 Å². The van der Waals surface area contributed by atoms with Gasteiger partial charge in [-0.15, -0.1) is 47.2 Å². The Morgan fingerprint density at radius 1 is 0.524 bits per heavy atom. The van der Waals surface area contributed by atoms with Crippen LogP contribution in [-0.4, -0.2) is 18.7 Å². The number of fused-ring (bicyclic) bond motifs is 9. The molecule has 0 aliphatic rings. The van der Waals surface area contributed by atoms with Crippen molar-refractivity contribution in [2.24, 2.45) is 0 Å². The zero-order valence-corrected chi connectivity index (χ0v) is 38.6. The average molecular weight is 1010 g/mol. The molecule has 0 fully saturated rings. The van der Waals surface area contributed by atoms with E-state index in [4.69, 9.17) is 4.98 Å². The third-order valence-corrected chi connectivity index (χ3v) is 14.0. The van der Waals surface area contributed by atoms with E-state index in [0.29, 0.717) is 0 Å². The number of rotatable bonds is 7. The van der Waals surface area contributed by atoms with Crippen LogP contribution in [0.2, 0.25) is 0 Å². The van der Waals surface area contributed by atoms with Crippen LogP contribution in [-0.2, 0) is 20.1 Å². The fourth-order valence-corrected chi connectivity index (χ4v) is 11.1. The van der Waals surface area contributed by atoms with Crippen molar-refractivity contribution in [3.63, 3.8) is 0 Å². The van der Waals surface area contributed by atoms with Crippen molar-refractivity contribution < 1.29 is 20.1 Å². The van der Waals surface area contributed by atoms with Crippen LogP contribution >= 0.6 is 11.3 Å². The summed E-state index contributed by atoms with van der Waals surface area (Å²) in [5, 5.41) is 7.58. The Kier molecular flexibility index (Phi) is 9.58. The average Bonchev–Trinajstić information content (AvgIpc) is 4.10. The second-order valence-electron chi connectivity index (χ2n) is 17.1. The number of nitrogens with zero attached hydrogens (tertiary/aromatic N) is 4. The van der Waals surface area contributed by atoms with Gasteiger partial charge in [-0.2, -0.15) is 0 Å². The first-order valence-electron chi connectivity index (χ1n) is 21.6. The minimum absolute atomic E-state index is 0. The molecule has 4 heterocycles. The van der Waals surface area contributed by atoms with E-state index in [9.17, 15) is 0 Å². The van der Waals surface area contributed by atoms with Crippen molar-refractivity contribution in [2.45, 2.75) is 39.5 Å². The van der Waals surface area contributed by atoms with Gasteiger partial charge < -0.3 is 13.7 Å². The van der Waals surface area contributed by atoms with E-state index in [1.54, 1.807) is 0 Å². The molecular formula is C57H43IrN4S-. The first-order chi connectivity index (χ1) is 30.4. The zero-order valence-electron chi connectivity index (χ0n) is 35.4. The van der Waals surface area contributed by atoms with E-state index in [-0.39, 0.29) is 31.9 Å². The number of hydrogen-bond acceptors (Lipinski definition) is 2. The summed E-state index contributed by atoms with van der Waals surface area (Å²) in [5.41, 5.74) is 14.4. The van der Waals surface area contributed by atoms with Crippen LogP contribution in [0.5, 0.6) is 0 Å². The van der Waals surface area contributed by atoms with Crippen LogP contribution in [0.4, 0.5) is 0 Å². The van der Waals surface area contributed by atoms with Gasteiger partial charge in [-0.1, -0.05) is 100 Å². The normalized spacial score (nSPS) is 12.0. The molecule has 0 amide bonds. The summed E-state index contributed by atoms with van der Waals surface area (Å²) in [6, 6.07) is 63.7. The number of hydrogen-bond donors (Lipinski definition) is 0. The summed E-state index contributed by atoms with van der Waals surface area (Å²) in [7, 11) is 0. The van der Waals surface area contributed by atoms with Crippen LogP contribution in [0, 0.1) is 6.07 Å². The molecule has 0 N–H and O–H groups in total. The van der Waals surface area contributed by atoms with Gasteiger partial charge in [0.2, 0.25) is 0 Å². The zero-order chi connectivity index (χ0) is 41.6. The van der Waals surface area contributed by atoms with Gasteiger partial charge in [-0.3, -0.25) is 4.98 Å². The van der Waals surface area contributed by atoms with Crippen molar-refractivity contribution in [3.05, 3.63) is 193 Å². The predicted octanol–water partition coefficient (Wildman–Crippen LogP) is 15.8. The second-order valence-corrected chi connectivity index (χ2v) is 18.2. The molecular weight excluding hydrogens is 965 g/mol. The van der Waals surface area contributed by atoms with E-state index in [0.717, 1.165) is 17.1 Å². The number of aromatic nitrogens is 4. The van der Waals surface area contributed by atoms with Gasteiger partial charge in [0.1, 0.15) is 0 Å². The van der Waals surface area contributed by atoms with Crippen LogP contribution in [0.15, 0.2) is 176 Å². The monoisotopic (exact) mass is 1010 g/mol. The largest absolute Gasteiger partial charge is 0.340 e. The topological polar surface area (TPSA) is 27.7 Å². The maximum absolute atomic E-state index is 4.89. The first-order valence-corrected chi connectivity index (χ1v) is 22.4. The molecule has 12 rings (SSSR count). The van der Waals surface area contributed by atoms with E-state index in [1.807, 2.05) is 29.7 Å². The summed E-state index contributed by atoms with van der Waals surface area (Å²) < 4.78 is 9.77. The molecule has 6 heteroatoms. The molecule has 0 saturated heterocycles. The second kappa shape index (κ2) is 15.4. The smallest absolute Gasteiger partial charge is 0.0602 e. The fourth-order valence-electron chi connectivity index (χ4n) is 9.94. The van der Waals surface area contributed by atoms with Crippen molar-refractivity contribution in [2.75, 3.05) is 0 Å². The fraction of sp³-hybridized carbons (Fsp3) is 0.105. The van der Waals surface area contributed by atoms with Gasteiger partial charge in [-0.25, -0.2) is 0 Å². The Morgan fingerprint density at radius 3 is 1.59 bits per heavy atom. The minimum atomic E-state index is 0. The first kappa shape index (κ1) is 39.3. The summed E-state index contributed by atoms with van der Waals surface area (Å²) in [6.07, 6.45) is 4.03. The van der Waals surface area contributed by atoms with Gasteiger partial charge >= 0.3 is 0 Å². The van der Waals surface area contributed by atoms with Gasteiger partial charge in [0, 0.05) is 96.8 Å².